The van der Waals surface area contributed by atoms with E-state index < -0.39 is 11.9 Å². The maximum Gasteiger partial charge on any atom is 0.319 e. The third kappa shape index (κ3) is 4.90. The lowest BCUT2D eigenvalue weighted by molar-refractivity contribution is -0.141. The van der Waals surface area contributed by atoms with Crippen molar-refractivity contribution >= 4 is 33.6 Å². The number of carboxylic acids is 1. The fourth-order valence-electron chi connectivity index (χ4n) is 1.44. The molecule has 0 aliphatic heterocycles. The fraction of sp³-hybridized carbons (Fsp3) is 0.385. The van der Waals surface area contributed by atoms with Crippen molar-refractivity contribution < 1.29 is 14.7 Å². The summed E-state index contributed by atoms with van der Waals surface area (Å²) in [5.41, 5.74) is 1.71. The molecule has 0 bridgehead atoms. The van der Waals surface area contributed by atoms with Gasteiger partial charge in [0.05, 0.1) is 11.6 Å². The zero-order valence-corrected chi connectivity index (χ0v) is 12.5. The van der Waals surface area contributed by atoms with Gasteiger partial charge >= 0.3 is 12.0 Å². The van der Waals surface area contributed by atoms with E-state index in [2.05, 4.69) is 26.6 Å². The summed E-state index contributed by atoms with van der Waals surface area (Å²) >= 11 is 3.40. The lowest BCUT2D eigenvalue weighted by Crippen LogP contribution is -2.31. The highest BCUT2D eigenvalue weighted by Crippen LogP contribution is 2.25. The summed E-state index contributed by atoms with van der Waals surface area (Å²) in [6.45, 7) is 3.86. The molecule has 1 atom stereocenters. The third-order valence-electron chi connectivity index (χ3n) is 2.72. The van der Waals surface area contributed by atoms with Gasteiger partial charge in [-0.1, -0.05) is 19.1 Å². The van der Waals surface area contributed by atoms with Crippen molar-refractivity contribution in [2.24, 2.45) is 5.92 Å². The van der Waals surface area contributed by atoms with Crippen LogP contribution in [0.4, 0.5) is 10.5 Å². The first-order chi connectivity index (χ1) is 8.91. The molecule has 1 aromatic carbocycles. The zero-order valence-electron chi connectivity index (χ0n) is 10.9. The Morgan fingerprint density at radius 1 is 1.42 bits per heavy atom. The van der Waals surface area contributed by atoms with Crippen molar-refractivity contribution in [2.45, 2.75) is 20.3 Å². The fourth-order valence-corrected chi connectivity index (χ4v) is 1.80. The highest BCUT2D eigenvalue weighted by molar-refractivity contribution is 9.10. The molecule has 1 aromatic rings. The van der Waals surface area contributed by atoms with Gasteiger partial charge in [-0.05, 0) is 40.9 Å². The van der Waals surface area contributed by atoms with Gasteiger partial charge in [0.15, 0.2) is 0 Å². The van der Waals surface area contributed by atoms with Gasteiger partial charge in [-0.15, -0.1) is 0 Å². The van der Waals surface area contributed by atoms with Gasteiger partial charge in [0.1, 0.15) is 0 Å². The van der Waals surface area contributed by atoms with Crippen LogP contribution in [0, 0.1) is 12.8 Å². The predicted molar refractivity (Wildman–Crippen MR) is 77.3 cm³/mol. The zero-order chi connectivity index (χ0) is 14.4. The first-order valence-electron chi connectivity index (χ1n) is 5.94. The molecule has 0 aliphatic rings. The number of benzene rings is 1. The summed E-state index contributed by atoms with van der Waals surface area (Å²) in [6, 6.07) is 5.23. The van der Waals surface area contributed by atoms with Gasteiger partial charge in [0, 0.05) is 11.0 Å². The molecular weight excluding hydrogens is 312 g/mol. The summed E-state index contributed by atoms with van der Waals surface area (Å²) in [6.07, 6.45) is 0.401. The molecule has 0 saturated heterocycles. The molecule has 104 valence electrons. The first-order valence-corrected chi connectivity index (χ1v) is 6.74. The van der Waals surface area contributed by atoms with Crippen molar-refractivity contribution in [1.82, 2.24) is 5.32 Å². The first kappa shape index (κ1) is 15.5. The Hall–Kier alpha value is -1.56. The number of urea groups is 1. The molecule has 19 heavy (non-hydrogen) atoms. The molecule has 0 heterocycles. The number of hydrogen-bond acceptors (Lipinski definition) is 2. The number of hydrogen-bond donors (Lipinski definition) is 3. The van der Waals surface area contributed by atoms with Crippen molar-refractivity contribution in [1.29, 1.82) is 0 Å². The monoisotopic (exact) mass is 328 g/mol. The van der Waals surface area contributed by atoms with E-state index in [1.165, 1.54) is 0 Å². The van der Waals surface area contributed by atoms with Gasteiger partial charge < -0.3 is 15.7 Å². The molecule has 0 radical (unpaired) electrons. The Balaban J connectivity index is 2.43. The van der Waals surface area contributed by atoms with E-state index in [0.29, 0.717) is 18.7 Å². The Morgan fingerprint density at radius 3 is 2.74 bits per heavy atom. The third-order valence-corrected chi connectivity index (χ3v) is 3.78. The average Bonchev–Trinajstić information content (AvgIpc) is 2.34. The highest BCUT2D eigenvalue weighted by atomic mass is 79.9. The number of carbonyl (C=O) groups is 2. The highest BCUT2D eigenvalue weighted by Gasteiger charge is 2.11. The largest absolute Gasteiger partial charge is 0.481 e. The van der Waals surface area contributed by atoms with Crippen LogP contribution in [0.3, 0.4) is 0 Å². The minimum Gasteiger partial charge on any atom is -0.481 e. The van der Waals surface area contributed by atoms with Crippen LogP contribution in [0.5, 0.6) is 0 Å². The Kier molecular flexibility index (Phi) is 5.82. The van der Waals surface area contributed by atoms with E-state index in [-0.39, 0.29) is 6.03 Å². The smallest absolute Gasteiger partial charge is 0.319 e. The molecule has 1 rings (SSSR count). The second-order valence-corrected chi connectivity index (χ2v) is 5.14. The van der Waals surface area contributed by atoms with E-state index >= 15 is 0 Å². The van der Waals surface area contributed by atoms with E-state index in [0.717, 1.165) is 10.0 Å². The van der Waals surface area contributed by atoms with Crippen LogP contribution in [0.25, 0.3) is 0 Å². The number of aryl methyl sites for hydroxylation is 1. The normalized spacial score (nSPS) is 11.7. The van der Waals surface area contributed by atoms with E-state index in [9.17, 15) is 9.59 Å². The number of aliphatic carboxylic acids is 1. The maximum absolute atomic E-state index is 11.6. The van der Waals surface area contributed by atoms with Crippen LogP contribution >= 0.6 is 15.9 Å². The van der Waals surface area contributed by atoms with Crippen molar-refractivity contribution in [3.05, 3.63) is 28.2 Å². The maximum atomic E-state index is 11.6. The molecule has 0 spiro atoms. The minimum atomic E-state index is -0.858. The number of halogens is 1. The molecule has 1 unspecified atom stereocenters. The van der Waals surface area contributed by atoms with E-state index in [1.54, 1.807) is 13.0 Å². The number of nitrogens with one attached hydrogen (secondary N) is 2. The number of anilines is 1. The summed E-state index contributed by atoms with van der Waals surface area (Å²) < 4.78 is 0.837. The number of carbonyl (C=O) groups excluding carboxylic acids is 1. The van der Waals surface area contributed by atoms with E-state index in [4.69, 9.17) is 5.11 Å². The molecule has 0 aromatic heterocycles. The number of rotatable bonds is 5. The van der Waals surface area contributed by atoms with Gasteiger partial charge in [-0.2, -0.15) is 0 Å². The summed E-state index contributed by atoms with van der Waals surface area (Å²) in [7, 11) is 0. The molecule has 5 nitrogen and oxygen atoms in total. The summed E-state index contributed by atoms with van der Waals surface area (Å²) in [5, 5.41) is 14.1. The van der Waals surface area contributed by atoms with Crippen molar-refractivity contribution in [3.63, 3.8) is 0 Å². The number of carboxylic acid groups (broad SMARTS) is 1. The second-order valence-electron chi connectivity index (χ2n) is 4.35. The minimum absolute atomic E-state index is 0.322. The summed E-state index contributed by atoms with van der Waals surface area (Å²) in [5.74, 6) is -1.32. The Labute approximate surface area is 120 Å². The van der Waals surface area contributed by atoms with Gasteiger partial charge in [-0.3, -0.25) is 4.79 Å². The molecular formula is C13H17BrN2O3. The Morgan fingerprint density at radius 2 is 2.11 bits per heavy atom. The SMILES string of the molecule is Cc1cccc(NC(=O)NCCC(C)C(=O)O)c1Br. The lowest BCUT2D eigenvalue weighted by Gasteiger charge is -2.11. The molecule has 0 fully saturated rings. The van der Waals surface area contributed by atoms with Gasteiger partial charge in [0.25, 0.3) is 0 Å². The molecule has 0 saturated carbocycles. The van der Waals surface area contributed by atoms with E-state index in [1.807, 2.05) is 19.1 Å². The van der Waals surface area contributed by atoms with Crippen LogP contribution in [0.1, 0.15) is 18.9 Å². The molecule has 6 heteroatoms. The molecule has 2 amide bonds. The quantitative estimate of drug-likeness (QED) is 0.777. The summed E-state index contributed by atoms with van der Waals surface area (Å²) in [4.78, 5) is 22.3. The van der Waals surface area contributed by atoms with Gasteiger partial charge in [-0.25, -0.2) is 4.79 Å². The van der Waals surface area contributed by atoms with Crippen LogP contribution < -0.4 is 10.6 Å². The van der Waals surface area contributed by atoms with Crippen LogP contribution in [0.2, 0.25) is 0 Å². The van der Waals surface area contributed by atoms with Crippen LogP contribution in [-0.2, 0) is 4.79 Å². The number of amides is 2. The average molecular weight is 329 g/mol. The predicted octanol–water partition coefficient (Wildman–Crippen LogP) is 2.99. The topological polar surface area (TPSA) is 78.4 Å². The Bertz CT molecular complexity index is 477. The molecule has 3 N–H and O–H groups in total. The van der Waals surface area contributed by atoms with Crippen LogP contribution in [0.15, 0.2) is 22.7 Å². The van der Waals surface area contributed by atoms with Crippen LogP contribution in [-0.4, -0.2) is 23.7 Å². The molecule has 0 aliphatic carbocycles. The standard InChI is InChI=1S/C13H17BrN2O3/c1-8-4-3-5-10(11(8)14)16-13(19)15-7-6-9(2)12(17)18/h3-5,9H,6-7H2,1-2H3,(H,17,18)(H2,15,16,19). The lowest BCUT2D eigenvalue weighted by atomic mass is 10.1. The van der Waals surface area contributed by atoms with Crippen molar-refractivity contribution in [2.75, 3.05) is 11.9 Å². The van der Waals surface area contributed by atoms with Gasteiger partial charge in [0.2, 0.25) is 0 Å². The van der Waals surface area contributed by atoms with Crippen molar-refractivity contribution in [3.8, 4) is 0 Å². The second kappa shape index (κ2) is 7.13.